The summed E-state index contributed by atoms with van der Waals surface area (Å²) in [6, 6.07) is 13.5. The van der Waals surface area contributed by atoms with E-state index >= 15 is 0 Å². The summed E-state index contributed by atoms with van der Waals surface area (Å²) in [5, 5.41) is 7.53. The number of hydrogen-bond donors (Lipinski definition) is 1. The van der Waals surface area contributed by atoms with Crippen LogP contribution < -0.4 is 10.1 Å². The van der Waals surface area contributed by atoms with Gasteiger partial charge in [0, 0.05) is 17.8 Å². The summed E-state index contributed by atoms with van der Waals surface area (Å²) < 4.78 is 44.4. The summed E-state index contributed by atoms with van der Waals surface area (Å²) in [7, 11) is 0. The minimum Gasteiger partial charge on any atom is -0.435 e. The lowest BCUT2D eigenvalue weighted by molar-refractivity contribution is -0.0498. The molecule has 0 spiro atoms. The third-order valence-electron chi connectivity index (χ3n) is 4.35. The Balaban J connectivity index is 1.63. The van der Waals surface area contributed by atoms with Crippen molar-refractivity contribution in [2.75, 3.05) is 5.32 Å². The van der Waals surface area contributed by atoms with Gasteiger partial charge < -0.3 is 10.1 Å². The number of carbonyl (C=O) groups is 1. The van der Waals surface area contributed by atoms with E-state index in [4.69, 9.17) is 0 Å². The topological polar surface area (TPSA) is 69.0 Å². The number of halogens is 3. The van der Waals surface area contributed by atoms with Gasteiger partial charge in [-0.05, 0) is 48.0 Å². The third-order valence-corrected chi connectivity index (χ3v) is 4.35. The second kappa shape index (κ2) is 8.24. The number of nitrogens with one attached hydrogen (secondary N) is 1. The van der Waals surface area contributed by atoms with Gasteiger partial charge in [-0.2, -0.15) is 13.9 Å². The Morgan fingerprint density at radius 2 is 1.93 bits per heavy atom. The van der Waals surface area contributed by atoms with Crippen LogP contribution in [-0.2, 0) is 6.54 Å². The summed E-state index contributed by atoms with van der Waals surface area (Å²) in [4.78, 5) is 16.4. The fraction of sp³-hybridized carbons (Fsp3) is 0.0952. The van der Waals surface area contributed by atoms with E-state index in [1.165, 1.54) is 30.5 Å². The maximum atomic E-state index is 13.8. The molecule has 30 heavy (non-hydrogen) atoms. The van der Waals surface area contributed by atoms with Crippen molar-refractivity contribution >= 4 is 22.6 Å². The van der Waals surface area contributed by atoms with Crippen LogP contribution in [0.3, 0.4) is 0 Å². The highest BCUT2D eigenvalue weighted by molar-refractivity contribution is 6.07. The van der Waals surface area contributed by atoms with Gasteiger partial charge in [0.25, 0.3) is 5.91 Å². The first-order chi connectivity index (χ1) is 14.5. The second-order valence-electron chi connectivity index (χ2n) is 6.39. The lowest BCUT2D eigenvalue weighted by Gasteiger charge is -2.07. The molecule has 0 bridgehead atoms. The van der Waals surface area contributed by atoms with Crippen molar-refractivity contribution in [2.45, 2.75) is 13.2 Å². The molecule has 0 saturated heterocycles. The molecule has 6 nitrogen and oxygen atoms in total. The number of aromatic nitrogens is 3. The molecule has 0 atom stereocenters. The summed E-state index contributed by atoms with van der Waals surface area (Å²) >= 11 is 0. The van der Waals surface area contributed by atoms with Crippen molar-refractivity contribution < 1.29 is 22.7 Å². The van der Waals surface area contributed by atoms with E-state index in [1.807, 2.05) is 0 Å². The van der Waals surface area contributed by atoms with Gasteiger partial charge in [0.2, 0.25) is 0 Å². The minimum absolute atomic E-state index is 0.0468. The zero-order valence-corrected chi connectivity index (χ0v) is 15.4. The average Bonchev–Trinajstić information content (AvgIpc) is 3.06. The molecule has 0 aliphatic heterocycles. The number of alkyl halides is 2. The van der Waals surface area contributed by atoms with Crippen molar-refractivity contribution in [3.63, 3.8) is 0 Å². The van der Waals surface area contributed by atoms with Gasteiger partial charge in [-0.3, -0.25) is 14.5 Å². The zero-order chi connectivity index (χ0) is 21.1. The number of fused-ring (bicyclic) bond motifs is 1. The molecule has 4 aromatic rings. The number of amides is 1. The van der Waals surface area contributed by atoms with Gasteiger partial charge >= 0.3 is 6.61 Å². The van der Waals surface area contributed by atoms with E-state index in [2.05, 4.69) is 20.1 Å². The smallest absolute Gasteiger partial charge is 0.387 e. The number of pyridine rings is 1. The molecule has 2 aromatic heterocycles. The number of benzene rings is 2. The molecule has 0 fully saturated rings. The molecule has 152 valence electrons. The molecule has 1 amide bonds. The van der Waals surface area contributed by atoms with Gasteiger partial charge in [0.1, 0.15) is 11.6 Å². The highest BCUT2D eigenvalue weighted by Crippen LogP contribution is 2.26. The molecular weight excluding hydrogens is 397 g/mol. The molecule has 0 unspecified atom stereocenters. The summed E-state index contributed by atoms with van der Waals surface area (Å²) in [6.45, 7) is -2.62. The molecule has 0 aliphatic rings. The van der Waals surface area contributed by atoms with Gasteiger partial charge in [-0.1, -0.05) is 12.1 Å². The molecule has 0 aliphatic carbocycles. The SMILES string of the molecule is O=C(Nc1nn(Cc2ccc(OC(F)F)cc2)c2ccc(F)cc12)c1cccnc1. The van der Waals surface area contributed by atoms with E-state index in [0.29, 0.717) is 16.5 Å². The number of nitrogens with zero attached hydrogens (tertiary/aromatic N) is 3. The number of ether oxygens (including phenoxy) is 1. The van der Waals surface area contributed by atoms with E-state index < -0.39 is 18.3 Å². The van der Waals surface area contributed by atoms with Crippen LogP contribution in [0.1, 0.15) is 15.9 Å². The Bertz CT molecular complexity index is 1180. The average molecular weight is 412 g/mol. The maximum absolute atomic E-state index is 13.8. The van der Waals surface area contributed by atoms with Crippen molar-refractivity contribution in [3.8, 4) is 5.75 Å². The molecule has 1 N–H and O–H groups in total. The largest absolute Gasteiger partial charge is 0.435 e. The fourth-order valence-corrected chi connectivity index (χ4v) is 2.99. The van der Waals surface area contributed by atoms with Gasteiger partial charge in [-0.25, -0.2) is 4.39 Å². The predicted molar refractivity (Wildman–Crippen MR) is 104 cm³/mol. The third kappa shape index (κ3) is 4.24. The van der Waals surface area contributed by atoms with Crippen molar-refractivity contribution in [1.29, 1.82) is 0 Å². The summed E-state index contributed by atoms with van der Waals surface area (Å²) in [5.41, 5.74) is 1.70. The van der Waals surface area contributed by atoms with Crippen LogP contribution in [0.25, 0.3) is 10.9 Å². The highest BCUT2D eigenvalue weighted by Gasteiger charge is 2.15. The monoisotopic (exact) mass is 412 g/mol. The van der Waals surface area contributed by atoms with Crippen molar-refractivity contribution in [1.82, 2.24) is 14.8 Å². The van der Waals surface area contributed by atoms with E-state index in [-0.39, 0.29) is 18.1 Å². The van der Waals surface area contributed by atoms with Crippen LogP contribution in [0.5, 0.6) is 5.75 Å². The number of rotatable bonds is 6. The Morgan fingerprint density at radius 3 is 2.63 bits per heavy atom. The molecule has 2 aromatic carbocycles. The Labute approximate surface area is 168 Å². The first kappa shape index (κ1) is 19.4. The van der Waals surface area contributed by atoms with Crippen molar-refractivity contribution in [2.24, 2.45) is 0 Å². The number of carbonyl (C=O) groups excluding carboxylic acids is 1. The second-order valence-corrected chi connectivity index (χ2v) is 6.39. The minimum atomic E-state index is -2.90. The fourth-order valence-electron chi connectivity index (χ4n) is 2.99. The van der Waals surface area contributed by atoms with Crippen LogP contribution in [-0.4, -0.2) is 27.3 Å². The van der Waals surface area contributed by atoms with Crippen molar-refractivity contribution in [3.05, 3.63) is 83.9 Å². The van der Waals surface area contributed by atoms with Crippen LogP contribution in [0, 0.1) is 5.82 Å². The van der Waals surface area contributed by atoms with Gasteiger partial charge in [0.05, 0.1) is 17.6 Å². The quantitative estimate of drug-likeness (QED) is 0.507. The molecule has 0 saturated carbocycles. The van der Waals surface area contributed by atoms with Gasteiger partial charge in [0.15, 0.2) is 5.82 Å². The van der Waals surface area contributed by atoms with Crippen LogP contribution in [0.15, 0.2) is 67.0 Å². The summed E-state index contributed by atoms with van der Waals surface area (Å²) in [6.07, 6.45) is 2.96. The lowest BCUT2D eigenvalue weighted by Crippen LogP contribution is -2.13. The zero-order valence-electron chi connectivity index (χ0n) is 15.4. The molecule has 2 heterocycles. The van der Waals surface area contributed by atoms with E-state index in [9.17, 15) is 18.0 Å². The lowest BCUT2D eigenvalue weighted by atomic mass is 10.2. The predicted octanol–water partition coefficient (Wildman–Crippen LogP) is 4.47. The first-order valence-corrected chi connectivity index (χ1v) is 8.91. The molecule has 9 heteroatoms. The van der Waals surface area contributed by atoms with Crippen LogP contribution in [0.2, 0.25) is 0 Å². The Hall–Kier alpha value is -3.88. The van der Waals surface area contributed by atoms with Gasteiger partial charge in [-0.15, -0.1) is 0 Å². The van der Waals surface area contributed by atoms with E-state index in [0.717, 1.165) is 5.56 Å². The molecule has 0 radical (unpaired) electrons. The van der Waals surface area contributed by atoms with Crippen LogP contribution in [0.4, 0.5) is 19.0 Å². The maximum Gasteiger partial charge on any atom is 0.387 e. The number of hydrogen-bond acceptors (Lipinski definition) is 4. The Morgan fingerprint density at radius 1 is 1.13 bits per heavy atom. The molecule has 4 rings (SSSR count). The normalized spacial score (nSPS) is 11.1. The Kier molecular flexibility index (Phi) is 5.34. The highest BCUT2D eigenvalue weighted by atomic mass is 19.3. The van der Waals surface area contributed by atoms with Crippen LogP contribution >= 0.6 is 0 Å². The number of anilines is 1. The first-order valence-electron chi connectivity index (χ1n) is 8.91. The van der Waals surface area contributed by atoms with E-state index in [1.54, 1.807) is 41.2 Å². The molecular formula is C21H15F3N4O2. The summed E-state index contributed by atoms with van der Waals surface area (Å²) in [5.74, 6) is -0.638. The standard InChI is InChI=1S/C21H15F3N4O2/c22-15-5-8-18-17(10-15)19(26-20(29)14-2-1-9-25-11-14)27-28(18)12-13-3-6-16(7-4-13)30-21(23)24/h1-11,21H,12H2,(H,26,27,29).